The summed E-state index contributed by atoms with van der Waals surface area (Å²) in [5, 5.41) is 0. The summed E-state index contributed by atoms with van der Waals surface area (Å²) < 4.78 is 4.94. The van der Waals surface area contributed by atoms with Crippen molar-refractivity contribution in [3.05, 3.63) is 0 Å². The summed E-state index contributed by atoms with van der Waals surface area (Å²) in [5.74, 6) is 0.125. The van der Waals surface area contributed by atoms with Gasteiger partial charge < -0.3 is 4.74 Å². The minimum atomic E-state index is -0.148. The topological polar surface area (TPSA) is 38.7 Å². The largest absolute Gasteiger partial charge is 0.381 e. The van der Waals surface area contributed by atoms with Crippen molar-refractivity contribution in [2.24, 2.45) is 4.99 Å². The van der Waals surface area contributed by atoms with Gasteiger partial charge in [-0.3, -0.25) is 9.79 Å². The molecule has 1 rings (SSSR count). The number of aliphatic imine (C=N–C) groups is 1. The molecule has 3 nitrogen and oxygen atoms in total. The molecule has 0 bridgehead atoms. The summed E-state index contributed by atoms with van der Waals surface area (Å²) in [5.41, 5.74) is 0. The van der Waals surface area contributed by atoms with Gasteiger partial charge in [0.2, 0.25) is 0 Å². The second kappa shape index (κ2) is 8.88. The van der Waals surface area contributed by atoms with Crippen LogP contribution in [-0.2, 0) is 9.53 Å². The van der Waals surface area contributed by atoms with E-state index in [0.717, 1.165) is 19.6 Å². The first-order valence-corrected chi connectivity index (χ1v) is 5.28. The van der Waals surface area contributed by atoms with Gasteiger partial charge in [0.25, 0.3) is 0 Å². The summed E-state index contributed by atoms with van der Waals surface area (Å²) in [6, 6.07) is -0.148. The van der Waals surface area contributed by atoms with Crippen molar-refractivity contribution in [2.45, 2.75) is 46.1 Å². The molecule has 1 unspecified atom stereocenters. The SMILES string of the molecule is C1CCOC1.CCC=NC(C)C(C)=O. The molecule has 1 fully saturated rings. The van der Waals surface area contributed by atoms with Crippen molar-refractivity contribution in [3.8, 4) is 0 Å². The lowest BCUT2D eigenvalue weighted by molar-refractivity contribution is -0.117. The lowest BCUT2D eigenvalue weighted by atomic mass is 10.2. The molecular formula is C11H21NO2. The number of carbonyl (C=O) groups excluding carboxylic acids is 1. The van der Waals surface area contributed by atoms with Crippen molar-refractivity contribution < 1.29 is 9.53 Å². The van der Waals surface area contributed by atoms with Gasteiger partial charge in [0.1, 0.15) is 6.04 Å². The average molecular weight is 199 g/mol. The second-order valence-electron chi connectivity index (χ2n) is 3.35. The lowest BCUT2D eigenvalue weighted by Crippen LogP contribution is -2.09. The van der Waals surface area contributed by atoms with Crippen LogP contribution in [0.5, 0.6) is 0 Å². The maximum atomic E-state index is 10.5. The molecular weight excluding hydrogens is 178 g/mol. The third-order valence-electron chi connectivity index (χ3n) is 1.93. The molecule has 0 amide bonds. The van der Waals surface area contributed by atoms with Crippen LogP contribution in [0.25, 0.3) is 0 Å². The van der Waals surface area contributed by atoms with Crippen molar-refractivity contribution in [2.75, 3.05) is 13.2 Å². The minimum Gasteiger partial charge on any atom is -0.381 e. The Bertz CT molecular complexity index is 167. The van der Waals surface area contributed by atoms with E-state index in [1.54, 1.807) is 20.1 Å². The quantitative estimate of drug-likeness (QED) is 0.654. The maximum Gasteiger partial charge on any atom is 0.153 e. The lowest BCUT2D eigenvalue weighted by Gasteiger charge is -1.96. The Morgan fingerprint density at radius 2 is 2.07 bits per heavy atom. The van der Waals surface area contributed by atoms with Gasteiger partial charge in [0, 0.05) is 13.2 Å². The van der Waals surface area contributed by atoms with Crippen molar-refractivity contribution >= 4 is 12.0 Å². The van der Waals surface area contributed by atoms with Gasteiger partial charge in [-0.2, -0.15) is 0 Å². The Morgan fingerprint density at radius 1 is 1.50 bits per heavy atom. The van der Waals surface area contributed by atoms with Crippen LogP contribution in [0.3, 0.4) is 0 Å². The van der Waals surface area contributed by atoms with Crippen molar-refractivity contribution in [1.82, 2.24) is 0 Å². The zero-order valence-electron chi connectivity index (χ0n) is 9.45. The molecule has 14 heavy (non-hydrogen) atoms. The molecule has 3 heteroatoms. The van der Waals surface area contributed by atoms with E-state index >= 15 is 0 Å². The first-order chi connectivity index (χ1) is 6.68. The number of hydrogen-bond acceptors (Lipinski definition) is 3. The van der Waals surface area contributed by atoms with Crippen LogP contribution >= 0.6 is 0 Å². The van der Waals surface area contributed by atoms with E-state index in [1.807, 2.05) is 6.92 Å². The predicted octanol–water partition coefficient (Wildman–Crippen LogP) is 2.24. The monoisotopic (exact) mass is 199 g/mol. The fourth-order valence-corrected chi connectivity index (χ4v) is 0.879. The molecule has 0 aliphatic carbocycles. The van der Waals surface area contributed by atoms with Crippen LogP contribution < -0.4 is 0 Å². The molecule has 0 radical (unpaired) electrons. The number of hydrogen-bond donors (Lipinski definition) is 0. The summed E-state index contributed by atoms with van der Waals surface area (Å²) in [6.45, 7) is 7.35. The maximum absolute atomic E-state index is 10.5. The van der Waals surface area contributed by atoms with E-state index in [4.69, 9.17) is 4.74 Å². The Kier molecular flexibility index (Phi) is 8.43. The highest BCUT2D eigenvalue weighted by Gasteiger charge is 2.01. The Balaban J connectivity index is 0.000000280. The standard InChI is InChI=1S/C7H13NO.C4H8O/c1-4-5-8-6(2)7(3)9;1-2-4-5-3-1/h5-6H,4H2,1-3H3;1-4H2. The molecule has 0 saturated carbocycles. The van der Waals surface area contributed by atoms with Gasteiger partial charge >= 0.3 is 0 Å². The zero-order chi connectivity index (χ0) is 10.8. The molecule has 82 valence electrons. The molecule has 0 spiro atoms. The Hall–Kier alpha value is -0.700. The molecule has 1 saturated heterocycles. The molecule has 1 atom stereocenters. The third kappa shape index (κ3) is 7.92. The van der Waals surface area contributed by atoms with Gasteiger partial charge in [-0.15, -0.1) is 0 Å². The van der Waals surface area contributed by atoms with Gasteiger partial charge in [0.05, 0.1) is 0 Å². The van der Waals surface area contributed by atoms with Crippen molar-refractivity contribution in [3.63, 3.8) is 0 Å². The first kappa shape index (κ1) is 13.3. The van der Waals surface area contributed by atoms with Gasteiger partial charge in [-0.1, -0.05) is 6.92 Å². The molecule has 1 aliphatic heterocycles. The zero-order valence-corrected chi connectivity index (χ0v) is 9.45. The first-order valence-electron chi connectivity index (χ1n) is 5.28. The third-order valence-corrected chi connectivity index (χ3v) is 1.93. The normalized spacial score (nSPS) is 17.6. The summed E-state index contributed by atoms with van der Waals surface area (Å²) in [6.07, 6.45) is 5.23. The van der Waals surface area contributed by atoms with E-state index in [0.29, 0.717) is 0 Å². The van der Waals surface area contributed by atoms with Crippen LogP contribution in [0.1, 0.15) is 40.0 Å². The van der Waals surface area contributed by atoms with E-state index in [1.165, 1.54) is 12.8 Å². The number of carbonyl (C=O) groups is 1. The smallest absolute Gasteiger partial charge is 0.153 e. The molecule has 0 aromatic heterocycles. The highest BCUT2D eigenvalue weighted by Crippen LogP contribution is 1.98. The number of nitrogens with zero attached hydrogens (tertiary/aromatic N) is 1. The van der Waals surface area contributed by atoms with Gasteiger partial charge in [0.15, 0.2) is 5.78 Å². The molecule has 1 heterocycles. The Labute approximate surface area is 86.6 Å². The van der Waals surface area contributed by atoms with Crippen molar-refractivity contribution in [1.29, 1.82) is 0 Å². The highest BCUT2D eigenvalue weighted by atomic mass is 16.5. The highest BCUT2D eigenvalue weighted by molar-refractivity contribution is 5.82. The van der Waals surface area contributed by atoms with Crippen LogP contribution in [-0.4, -0.2) is 31.3 Å². The van der Waals surface area contributed by atoms with Gasteiger partial charge in [-0.25, -0.2) is 0 Å². The van der Waals surface area contributed by atoms with Crippen LogP contribution in [0, 0.1) is 0 Å². The van der Waals surface area contributed by atoms with E-state index < -0.39 is 0 Å². The van der Waals surface area contributed by atoms with Crippen LogP contribution in [0.2, 0.25) is 0 Å². The van der Waals surface area contributed by atoms with E-state index in [9.17, 15) is 4.79 Å². The number of ketones is 1. The van der Waals surface area contributed by atoms with Crippen LogP contribution in [0.4, 0.5) is 0 Å². The Morgan fingerprint density at radius 3 is 2.36 bits per heavy atom. The number of ether oxygens (including phenoxy) is 1. The number of Topliss-reactive ketones (excluding diaryl/α,β-unsaturated/α-hetero) is 1. The van der Waals surface area contributed by atoms with Crippen LogP contribution in [0.15, 0.2) is 4.99 Å². The van der Waals surface area contributed by atoms with Gasteiger partial charge in [-0.05, 0) is 39.3 Å². The molecule has 0 N–H and O–H groups in total. The summed E-state index contributed by atoms with van der Waals surface area (Å²) in [4.78, 5) is 14.5. The molecule has 0 aromatic carbocycles. The molecule has 1 aliphatic rings. The van der Waals surface area contributed by atoms with E-state index in [-0.39, 0.29) is 11.8 Å². The predicted molar refractivity (Wildman–Crippen MR) is 59.0 cm³/mol. The summed E-state index contributed by atoms with van der Waals surface area (Å²) in [7, 11) is 0. The minimum absolute atomic E-state index is 0.125. The number of rotatable bonds is 3. The van der Waals surface area contributed by atoms with E-state index in [2.05, 4.69) is 4.99 Å². The fourth-order valence-electron chi connectivity index (χ4n) is 0.879. The second-order valence-corrected chi connectivity index (χ2v) is 3.35. The summed E-state index contributed by atoms with van der Waals surface area (Å²) >= 11 is 0. The average Bonchev–Trinajstić information content (AvgIpc) is 2.71. The fraction of sp³-hybridized carbons (Fsp3) is 0.818. The molecule has 0 aromatic rings.